The summed E-state index contributed by atoms with van der Waals surface area (Å²) in [6.45, 7) is 0. The van der Waals surface area contributed by atoms with E-state index in [1.807, 2.05) is 36.4 Å². The molecule has 0 aliphatic carbocycles. The number of thiophene rings is 1. The number of benzene rings is 2. The number of carbonyl (C=O) groups is 1. The van der Waals surface area contributed by atoms with Gasteiger partial charge in [0, 0.05) is 43.2 Å². The molecule has 0 aliphatic heterocycles. The molecule has 0 amide bonds. The van der Waals surface area contributed by atoms with E-state index in [-0.39, 0.29) is 5.57 Å². The van der Waals surface area contributed by atoms with Crippen molar-refractivity contribution in [3.05, 3.63) is 71.4 Å². The van der Waals surface area contributed by atoms with Crippen LogP contribution in [-0.2, 0) is 4.79 Å². The minimum atomic E-state index is -1.01. The number of fused-ring (bicyclic) bond motifs is 1. The molecule has 0 saturated heterocycles. The molecular formula is C25H21NO5S2. The Labute approximate surface area is 199 Å². The van der Waals surface area contributed by atoms with E-state index in [0.717, 1.165) is 30.5 Å². The number of ether oxygens (including phenoxy) is 3. The van der Waals surface area contributed by atoms with E-state index < -0.39 is 5.97 Å². The number of hydrogen-bond donors (Lipinski definition) is 1. The number of nitrogens with zero attached hydrogens (tertiary/aromatic N) is 1. The van der Waals surface area contributed by atoms with Crippen LogP contribution in [-0.4, -0.2) is 37.4 Å². The van der Waals surface area contributed by atoms with Crippen LogP contribution >= 0.6 is 23.1 Å². The third-order valence-electron chi connectivity index (χ3n) is 4.95. The van der Waals surface area contributed by atoms with Crippen LogP contribution in [0.1, 0.15) is 10.4 Å². The van der Waals surface area contributed by atoms with Crippen LogP contribution in [0.25, 0.3) is 21.7 Å². The maximum atomic E-state index is 12.1. The zero-order valence-electron chi connectivity index (χ0n) is 18.2. The van der Waals surface area contributed by atoms with Crippen molar-refractivity contribution in [1.29, 1.82) is 0 Å². The van der Waals surface area contributed by atoms with Crippen LogP contribution in [0, 0.1) is 0 Å². The van der Waals surface area contributed by atoms with E-state index in [4.69, 9.17) is 14.2 Å². The standard InChI is InChI=1S/C25H21NO5S2/c1-29-16-4-6-17(7-5-16)32-24-19-12-20(30-2)21(31-3)14-22(19)33-23(24)13-18(25(27)28)15-8-10-26-11-9-15/h4-14H,1-3H3,(H,27,28). The molecule has 4 rings (SSSR count). The molecule has 4 aromatic rings. The predicted molar refractivity (Wildman–Crippen MR) is 132 cm³/mol. The molecule has 0 unspecified atom stereocenters. The number of carboxylic acids is 1. The first kappa shape index (κ1) is 22.7. The van der Waals surface area contributed by atoms with Crippen molar-refractivity contribution in [1.82, 2.24) is 4.98 Å². The van der Waals surface area contributed by atoms with Gasteiger partial charge >= 0.3 is 5.97 Å². The van der Waals surface area contributed by atoms with Gasteiger partial charge in [-0.3, -0.25) is 4.98 Å². The average Bonchev–Trinajstić information content (AvgIpc) is 3.18. The molecule has 33 heavy (non-hydrogen) atoms. The summed E-state index contributed by atoms with van der Waals surface area (Å²) in [7, 11) is 4.82. The Bertz CT molecular complexity index is 1310. The molecule has 0 fully saturated rings. The minimum absolute atomic E-state index is 0.194. The van der Waals surface area contributed by atoms with Crippen molar-refractivity contribution in [2.75, 3.05) is 21.3 Å². The fourth-order valence-electron chi connectivity index (χ4n) is 3.31. The molecule has 0 spiro atoms. The highest BCUT2D eigenvalue weighted by Gasteiger charge is 2.19. The number of aliphatic carboxylic acids is 1. The SMILES string of the molecule is COc1ccc(Sc2c(C=C(C(=O)O)c3ccncc3)sc3cc(OC)c(OC)cc23)cc1. The molecular weight excluding hydrogens is 458 g/mol. The molecule has 6 nitrogen and oxygen atoms in total. The second kappa shape index (κ2) is 9.97. The Balaban J connectivity index is 1.91. The summed E-state index contributed by atoms with van der Waals surface area (Å²) in [5.41, 5.74) is 0.782. The van der Waals surface area contributed by atoms with E-state index in [1.54, 1.807) is 63.7 Å². The summed E-state index contributed by atoms with van der Waals surface area (Å²) >= 11 is 3.06. The van der Waals surface area contributed by atoms with E-state index in [0.29, 0.717) is 17.1 Å². The Kier molecular flexibility index (Phi) is 6.86. The van der Waals surface area contributed by atoms with Crippen molar-refractivity contribution < 1.29 is 24.1 Å². The van der Waals surface area contributed by atoms with E-state index in [2.05, 4.69) is 4.98 Å². The lowest BCUT2D eigenvalue weighted by Crippen LogP contribution is -1.99. The third-order valence-corrected chi connectivity index (χ3v) is 7.33. The smallest absolute Gasteiger partial charge is 0.336 e. The van der Waals surface area contributed by atoms with Gasteiger partial charge < -0.3 is 19.3 Å². The highest BCUT2D eigenvalue weighted by Crippen LogP contribution is 2.46. The topological polar surface area (TPSA) is 77.9 Å². The van der Waals surface area contributed by atoms with Crippen LogP contribution in [0.15, 0.2) is 70.7 Å². The van der Waals surface area contributed by atoms with Gasteiger partial charge in [-0.05, 0) is 54.1 Å². The number of pyridine rings is 1. The van der Waals surface area contributed by atoms with Crippen LogP contribution in [0.2, 0.25) is 0 Å². The van der Waals surface area contributed by atoms with E-state index in [9.17, 15) is 9.90 Å². The lowest BCUT2D eigenvalue weighted by atomic mass is 10.1. The molecule has 1 N–H and O–H groups in total. The number of carboxylic acid groups (broad SMARTS) is 1. The first-order valence-electron chi connectivity index (χ1n) is 9.90. The lowest BCUT2D eigenvalue weighted by Gasteiger charge is -2.09. The lowest BCUT2D eigenvalue weighted by molar-refractivity contribution is -0.130. The van der Waals surface area contributed by atoms with Crippen LogP contribution < -0.4 is 14.2 Å². The summed E-state index contributed by atoms with van der Waals surface area (Å²) in [5.74, 6) is 0.999. The minimum Gasteiger partial charge on any atom is -0.497 e. The average molecular weight is 480 g/mol. The molecule has 2 aromatic carbocycles. The van der Waals surface area contributed by atoms with Crippen LogP contribution in [0.4, 0.5) is 0 Å². The molecule has 2 aromatic heterocycles. The van der Waals surface area contributed by atoms with Crippen molar-refractivity contribution in [2.45, 2.75) is 9.79 Å². The van der Waals surface area contributed by atoms with Crippen molar-refractivity contribution in [3.63, 3.8) is 0 Å². The Morgan fingerprint density at radius 3 is 2.24 bits per heavy atom. The second-order valence-electron chi connectivity index (χ2n) is 6.88. The molecule has 0 bridgehead atoms. The molecule has 8 heteroatoms. The van der Waals surface area contributed by atoms with Crippen molar-refractivity contribution >= 4 is 50.8 Å². The maximum Gasteiger partial charge on any atom is 0.336 e. The van der Waals surface area contributed by atoms with Gasteiger partial charge in [0.05, 0.1) is 26.9 Å². The summed E-state index contributed by atoms with van der Waals surface area (Å²) in [6.07, 6.45) is 4.88. The van der Waals surface area contributed by atoms with Crippen LogP contribution in [0.5, 0.6) is 17.2 Å². The Hall–Kier alpha value is -3.49. The summed E-state index contributed by atoms with van der Waals surface area (Å²) in [4.78, 5) is 18.9. The molecule has 2 heterocycles. The zero-order chi connectivity index (χ0) is 23.4. The quantitative estimate of drug-likeness (QED) is 0.306. The molecule has 0 aliphatic rings. The van der Waals surface area contributed by atoms with E-state index >= 15 is 0 Å². The molecule has 168 valence electrons. The number of hydrogen-bond acceptors (Lipinski definition) is 7. The van der Waals surface area contributed by atoms with Crippen molar-refractivity contribution in [3.8, 4) is 17.2 Å². The monoisotopic (exact) mass is 479 g/mol. The first-order chi connectivity index (χ1) is 16.0. The van der Waals surface area contributed by atoms with Gasteiger partial charge in [-0.2, -0.15) is 0 Å². The molecule has 0 atom stereocenters. The van der Waals surface area contributed by atoms with E-state index in [1.165, 1.54) is 11.3 Å². The highest BCUT2D eigenvalue weighted by atomic mass is 32.2. The zero-order valence-corrected chi connectivity index (χ0v) is 19.8. The third kappa shape index (κ3) is 4.81. The summed E-state index contributed by atoms with van der Waals surface area (Å²) in [6, 6.07) is 15.0. The van der Waals surface area contributed by atoms with Gasteiger partial charge in [0.1, 0.15) is 5.75 Å². The maximum absolute atomic E-state index is 12.1. The first-order valence-corrected chi connectivity index (χ1v) is 11.5. The van der Waals surface area contributed by atoms with Gasteiger partial charge in [0.2, 0.25) is 0 Å². The number of methoxy groups -OCH3 is 3. The van der Waals surface area contributed by atoms with Crippen molar-refractivity contribution in [2.24, 2.45) is 0 Å². The largest absolute Gasteiger partial charge is 0.497 e. The number of aromatic nitrogens is 1. The predicted octanol–water partition coefficient (Wildman–Crippen LogP) is 6.10. The van der Waals surface area contributed by atoms with Gasteiger partial charge in [0.15, 0.2) is 11.5 Å². The normalized spacial score (nSPS) is 11.4. The molecule has 0 saturated carbocycles. The number of rotatable bonds is 8. The van der Waals surface area contributed by atoms with Gasteiger partial charge in [-0.15, -0.1) is 11.3 Å². The summed E-state index contributed by atoms with van der Waals surface area (Å²) < 4.78 is 17.2. The van der Waals surface area contributed by atoms with Gasteiger partial charge in [-0.25, -0.2) is 4.79 Å². The van der Waals surface area contributed by atoms with Gasteiger partial charge in [0.25, 0.3) is 0 Å². The van der Waals surface area contributed by atoms with Gasteiger partial charge in [-0.1, -0.05) is 11.8 Å². The highest BCUT2D eigenvalue weighted by molar-refractivity contribution is 7.99. The van der Waals surface area contributed by atoms with Crippen LogP contribution in [0.3, 0.4) is 0 Å². The Morgan fingerprint density at radius 1 is 0.970 bits per heavy atom. The summed E-state index contributed by atoms with van der Waals surface area (Å²) in [5, 5.41) is 10.9. The fourth-order valence-corrected chi connectivity index (χ4v) is 5.63. The molecule has 0 radical (unpaired) electrons. The second-order valence-corrected chi connectivity index (χ2v) is 9.04. The Morgan fingerprint density at radius 2 is 1.64 bits per heavy atom. The fraction of sp³-hybridized carbons (Fsp3) is 0.120.